The molecule has 1 atom stereocenters. The standard InChI is InChI=1S/C27H25ClN2O2/c28-22-15-7-5-13-20(22)25(30-17-9-2-10-18-30)26-24(21-14-6-8-16-23(21)32-26)29-27(31)19-11-3-1-4-12-19/h1,3-8,11-16,25H,2,9-10,17-18H2,(H,29,31). The van der Waals surface area contributed by atoms with Crippen molar-refractivity contribution in [1.29, 1.82) is 0 Å². The van der Waals surface area contributed by atoms with Crippen LogP contribution >= 0.6 is 11.6 Å². The first-order chi connectivity index (χ1) is 15.7. The Morgan fingerprint density at radius 3 is 2.34 bits per heavy atom. The summed E-state index contributed by atoms with van der Waals surface area (Å²) < 4.78 is 6.45. The minimum absolute atomic E-state index is 0.157. The Bertz CT molecular complexity index is 1230. The summed E-state index contributed by atoms with van der Waals surface area (Å²) in [5.41, 5.74) is 3.06. The Morgan fingerprint density at radius 2 is 1.56 bits per heavy atom. The summed E-state index contributed by atoms with van der Waals surface area (Å²) in [6.07, 6.45) is 3.49. The number of furan rings is 1. The Hall–Kier alpha value is -3.08. The van der Waals surface area contributed by atoms with Crippen LogP contribution in [-0.2, 0) is 0 Å². The number of likely N-dealkylation sites (tertiary alicyclic amines) is 1. The summed E-state index contributed by atoms with van der Waals surface area (Å²) in [6, 6.07) is 24.8. The van der Waals surface area contributed by atoms with Gasteiger partial charge in [0.1, 0.15) is 5.58 Å². The average Bonchev–Trinajstić information content (AvgIpc) is 3.19. The van der Waals surface area contributed by atoms with Crippen molar-refractivity contribution in [2.75, 3.05) is 18.4 Å². The fourth-order valence-electron chi connectivity index (χ4n) is 4.54. The molecule has 32 heavy (non-hydrogen) atoms. The lowest BCUT2D eigenvalue weighted by Gasteiger charge is -2.34. The highest BCUT2D eigenvalue weighted by Gasteiger charge is 2.32. The number of nitrogens with one attached hydrogen (secondary N) is 1. The summed E-state index contributed by atoms with van der Waals surface area (Å²) in [5.74, 6) is 0.570. The lowest BCUT2D eigenvalue weighted by Crippen LogP contribution is -2.34. The van der Waals surface area contributed by atoms with E-state index in [0.717, 1.165) is 48.2 Å². The van der Waals surface area contributed by atoms with E-state index in [1.54, 1.807) is 0 Å². The van der Waals surface area contributed by atoms with Crippen molar-refractivity contribution in [3.63, 3.8) is 0 Å². The molecule has 5 rings (SSSR count). The second-order valence-corrected chi connectivity index (χ2v) is 8.59. The number of rotatable bonds is 5. The number of hydrogen-bond donors (Lipinski definition) is 1. The van der Waals surface area contributed by atoms with Crippen LogP contribution in [0, 0.1) is 0 Å². The smallest absolute Gasteiger partial charge is 0.255 e. The molecule has 1 aliphatic heterocycles. The summed E-state index contributed by atoms with van der Waals surface area (Å²) >= 11 is 6.69. The van der Waals surface area contributed by atoms with Gasteiger partial charge in [0.15, 0.2) is 5.76 Å². The third-order valence-corrected chi connectivity index (χ3v) is 6.45. The summed E-state index contributed by atoms with van der Waals surface area (Å²) in [5, 5.41) is 4.74. The van der Waals surface area contributed by atoms with Crippen LogP contribution in [0.4, 0.5) is 5.69 Å². The average molecular weight is 445 g/mol. The number of anilines is 1. The Kier molecular flexibility index (Phi) is 5.97. The minimum Gasteiger partial charge on any atom is -0.457 e. The normalized spacial score (nSPS) is 15.5. The molecule has 1 aromatic heterocycles. The molecule has 162 valence electrons. The molecule has 0 saturated carbocycles. The molecule has 0 aliphatic carbocycles. The van der Waals surface area contributed by atoms with Crippen LogP contribution in [0.1, 0.15) is 47.0 Å². The van der Waals surface area contributed by atoms with Crippen LogP contribution in [0.5, 0.6) is 0 Å². The van der Waals surface area contributed by atoms with E-state index in [0.29, 0.717) is 16.3 Å². The molecule has 1 amide bonds. The van der Waals surface area contributed by atoms with E-state index in [-0.39, 0.29) is 11.9 Å². The molecule has 3 aromatic carbocycles. The van der Waals surface area contributed by atoms with Crippen LogP contribution in [0.25, 0.3) is 11.0 Å². The first-order valence-corrected chi connectivity index (χ1v) is 11.5. The number of carbonyl (C=O) groups excluding carboxylic acids is 1. The number of halogens is 1. The predicted octanol–water partition coefficient (Wildman–Crippen LogP) is 6.91. The van der Waals surface area contributed by atoms with Crippen molar-refractivity contribution >= 4 is 34.2 Å². The van der Waals surface area contributed by atoms with Gasteiger partial charge < -0.3 is 9.73 Å². The Morgan fingerprint density at radius 1 is 0.875 bits per heavy atom. The van der Waals surface area contributed by atoms with Gasteiger partial charge in [0.25, 0.3) is 5.91 Å². The fraction of sp³-hybridized carbons (Fsp3) is 0.222. The van der Waals surface area contributed by atoms with Crippen LogP contribution < -0.4 is 5.32 Å². The number of amides is 1. The first kappa shape index (κ1) is 20.8. The SMILES string of the molecule is O=C(Nc1c(C(c2ccccc2Cl)N2CCCCC2)oc2ccccc12)c1ccccc1. The van der Waals surface area contributed by atoms with Crippen LogP contribution in [0.3, 0.4) is 0 Å². The van der Waals surface area contributed by atoms with Crippen molar-refractivity contribution in [2.24, 2.45) is 0 Å². The van der Waals surface area contributed by atoms with Crippen LogP contribution in [0.15, 0.2) is 83.3 Å². The van der Waals surface area contributed by atoms with E-state index < -0.39 is 0 Å². The number of benzene rings is 3. The summed E-state index contributed by atoms with van der Waals surface area (Å²) in [6.45, 7) is 1.91. The molecule has 0 radical (unpaired) electrons. The van der Waals surface area contributed by atoms with Gasteiger partial charge in [-0.25, -0.2) is 0 Å². The second-order valence-electron chi connectivity index (χ2n) is 8.18. The van der Waals surface area contributed by atoms with Gasteiger partial charge in [-0.05, 0) is 61.8 Å². The molecule has 1 unspecified atom stereocenters. The van der Waals surface area contributed by atoms with Crippen molar-refractivity contribution in [3.05, 3.63) is 101 Å². The van der Waals surface area contributed by atoms with E-state index in [2.05, 4.69) is 16.3 Å². The zero-order valence-electron chi connectivity index (χ0n) is 17.8. The third-order valence-electron chi connectivity index (χ3n) is 6.10. The molecule has 1 saturated heterocycles. The quantitative estimate of drug-likeness (QED) is 0.363. The van der Waals surface area contributed by atoms with Gasteiger partial charge in [-0.1, -0.05) is 66.6 Å². The van der Waals surface area contributed by atoms with E-state index in [1.807, 2.05) is 72.8 Å². The highest BCUT2D eigenvalue weighted by molar-refractivity contribution is 6.31. The van der Waals surface area contributed by atoms with E-state index in [9.17, 15) is 4.79 Å². The van der Waals surface area contributed by atoms with Crippen LogP contribution in [-0.4, -0.2) is 23.9 Å². The minimum atomic E-state index is -0.178. The van der Waals surface area contributed by atoms with Gasteiger partial charge in [0.2, 0.25) is 0 Å². The van der Waals surface area contributed by atoms with Gasteiger partial charge in [-0.15, -0.1) is 0 Å². The number of nitrogens with zero attached hydrogens (tertiary/aromatic N) is 1. The van der Waals surface area contributed by atoms with Crippen molar-refractivity contribution in [1.82, 2.24) is 4.90 Å². The molecular weight excluding hydrogens is 420 g/mol. The van der Waals surface area contributed by atoms with Gasteiger partial charge in [-0.2, -0.15) is 0 Å². The molecule has 0 spiro atoms. The highest BCUT2D eigenvalue weighted by Crippen LogP contribution is 2.43. The Balaban J connectivity index is 1.65. The maximum Gasteiger partial charge on any atom is 0.255 e. The van der Waals surface area contributed by atoms with Crippen LogP contribution in [0.2, 0.25) is 5.02 Å². The van der Waals surface area contributed by atoms with Gasteiger partial charge >= 0.3 is 0 Å². The molecule has 4 nitrogen and oxygen atoms in total. The molecular formula is C27H25ClN2O2. The maximum atomic E-state index is 13.1. The number of hydrogen-bond acceptors (Lipinski definition) is 3. The van der Waals surface area contributed by atoms with E-state index in [1.165, 1.54) is 6.42 Å². The number of para-hydroxylation sites is 1. The maximum absolute atomic E-state index is 13.1. The van der Waals surface area contributed by atoms with E-state index in [4.69, 9.17) is 16.0 Å². The van der Waals surface area contributed by atoms with Crippen molar-refractivity contribution < 1.29 is 9.21 Å². The van der Waals surface area contributed by atoms with Crippen molar-refractivity contribution in [3.8, 4) is 0 Å². The molecule has 5 heteroatoms. The molecule has 1 aliphatic rings. The largest absolute Gasteiger partial charge is 0.457 e. The Labute approximate surface area is 192 Å². The molecule has 1 N–H and O–H groups in total. The molecule has 4 aromatic rings. The molecule has 1 fully saturated rings. The van der Waals surface area contributed by atoms with E-state index >= 15 is 0 Å². The molecule has 0 bridgehead atoms. The predicted molar refractivity (Wildman–Crippen MR) is 129 cm³/mol. The molecule has 2 heterocycles. The highest BCUT2D eigenvalue weighted by atomic mass is 35.5. The van der Waals surface area contributed by atoms with Crippen molar-refractivity contribution in [2.45, 2.75) is 25.3 Å². The van der Waals surface area contributed by atoms with Gasteiger partial charge in [0, 0.05) is 16.0 Å². The summed E-state index contributed by atoms with van der Waals surface area (Å²) in [7, 11) is 0. The number of fused-ring (bicyclic) bond motifs is 1. The third kappa shape index (κ3) is 4.04. The zero-order valence-corrected chi connectivity index (χ0v) is 18.5. The number of carbonyl (C=O) groups is 1. The first-order valence-electron chi connectivity index (χ1n) is 11.1. The zero-order chi connectivity index (χ0) is 21.9. The lowest BCUT2D eigenvalue weighted by atomic mass is 9.98. The lowest BCUT2D eigenvalue weighted by molar-refractivity contribution is 0.102. The topological polar surface area (TPSA) is 45.5 Å². The summed E-state index contributed by atoms with van der Waals surface area (Å²) in [4.78, 5) is 15.5. The number of piperidine rings is 1. The second kappa shape index (κ2) is 9.19. The van der Waals surface area contributed by atoms with Gasteiger partial charge in [0.05, 0.1) is 11.7 Å². The van der Waals surface area contributed by atoms with Gasteiger partial charge in [-0.3, -0.25) is 9.69 Å². The fourth-order valence-corrected chi connectivity index (χ4v) is 4.78. The monoisotopic (exact) mass is 444 g/mol.